The van der Waals surface area contributed by atoms with Gasteiger partial charge in [-0.1, -0.05) is 30.3 Å². The summed E-state index contributed by atoms with van der Waals surface area (Å²) >= 11 is 0. The highest BCUT2D eigenvalue weighted by Crippen LogP contribution is 2.19. The predicted octanol–water partition coefficient (Wildman–Crippen LogP) is 1.77. The SMILES string of the molecule is c1ccc(C2COCCO2)cc1. The van der Waals surface area contributed by atoms with Crippen LogP contribution >= 0.6 is 0 Å². The summed E-state index contributed by atoms with van der Waals surface area (Å²) in [5.74, 6) is 0. The van der Waals surface area contributed by atoms with Crippen LogP contribution in [-0.4, -0.2) is 19.8 Å². The van der Waals surface area contributed by atoms with Crippen LogP contribution in [0.1, 0.15) is 11.7 Å². The minimum atomic E-state index is 0.139. The van der Waals surface area contributed by atoms with Crippen LogP contribution in [0.5, 0.6) is 0 Å². The molecule has 0 aliphatic carbocycles. The molecule has 1 saturated heterocycles. The third-order valence-electron chi connectivity index (χ3n) is 1.99. The molecular weight excluding hydrogens is 152 g/mol. The minimum Gasteiger partial charge on any atom is -0.376 e. The fraction of sp³-hybridized carbons (Fsp3) is 0.400. The second-order valence-corrected chi connectivity index (χ2v) is 2.85. The first-order valence-corrected chi connectivity index (χ1v) is 4.21. The van der Waals surface area contributed by atoms with Gasteiger partial charge in [0, 0.05) is 0 Å². The van der Waals surface area contributed by atoms with Gasteiger partial charge in [-0.3, -0.25) is 0 Å². The molecule has 1 aliphatic heterocycles. The van der Waals surface area contributed by atoms with Crippen molar-refractivity contribution in [2.45, 2.75) is 6.10 Å². The Morgan fingerprint density at radius 2 is 1.92 bits per heavy atom. The van der Waals surface area contributed by atoms with Gasteiger partial charge in [0.05, 0.1) is 19.8 Å². The summed E-state index contributed by atoms with van der Waals surface area (Å²) in [7, 11) is 0. The lowest BCUT2D eigenvalue weighted by atomic mass is 10.1. The number of hydrogen-bond donors (Lipinski definition) is 0. The van der Waals surface area contributed by atoms with E-state index in [1.807, 2.05) is 18.2 Å². The van der Waals surface area contributed by atoms with Gasteiger partial charge in [-0.25, -0.2) is 0 Å². The smallest absolute Gasteiger partial charge is 0.106 e. The zero-order chi connectivity index (χ0) is 8.23. The van der Waals surface area contributed by atoms with Crippen LogP contribution in [0.3, 0.4) is 0 Å². The molecule has 1 unspecified atom stereocenters. The van der Waals surface area contributed by atoms with Gasteiger partial charge in [-0.05, 0) is 5.56 Å². The summed E-state index contributed by atoms with van der Waals surface area (Å²) in [5.41, 5.74) is 1.21. The lowest BCUT2D eigenvalue weighted by molar-refractivity contribution is -0.0901. The van der Waals surface area contributed by atoms with E-state index in [1.54, 1.807) is 0 Å². The van der Waals surface area contributed by atoms with E-state index in [0.29, 0.717) is 13.2 Å². The van der Waals surface area contributed by atoms with Gasteiger partial charge in [0.1, 0.15) is 6.10 Å². The van der Waals surface area contributed by atoms with E-state index in [-0.39, 0.29) is 6.10 Å². The first kappa shape index (κ1) is 7.77. The molecule has 2 rings (SSSR count). The van der Waals surface area contributed by atoms with Crippen molar-refractivity contribution in [2.75, 3.05) is 19.8 Å². The van der Waals surface area contributed by atoms with E-state index in [2.05, 4.69) is 12.1 Å². The molecule has 1 aromatic rings. The van der Waals surface area contributed by atoms with Crippen LogP contribution in [0.25, 0.3) is 0 Å². The van der Waals surface area contributed by atoms with Crippen LogP contribution in [0.15, 0.2) is 30.3 Å². The zero-order valence-corrected chi connectivity index (χ0v) is 6.90. The molecule has 0 aromatic heterocycles. The first-order chi connectivity index (χ1) is 5.97. The molecule has 0 N–H and O–H groups in total. The third kappa shape index (κ3) is 1.65. The van der Waals surface area contributed by atoms with E-state index in [0.717, 1.165) is 6.61 Å². The molecule has 1 aliphatic rings. The van der Waals surface area contributed by atoms with Gasteiger partial charge in [-0.15, -0.1) is 0 Å². The zero-order valence-electron chi connectivity index (χ0n) is 6.90. The van der Waals surface area contributed by atoms with E-state index in [1.165, 1.54) is 5.56 Å². The quantitative estimate of drug-likeness (QED) is 0.629. The van der Waals surface area contributed by atoms with E-state index < -0.39 is 0 Å². The molecule has 0 saturated carbocycles. The highest BCUT2D eigenvalue weighted by Gasteiger charge is 2.15. The first-order valence-electron chi connectivity index (χ1n) is 4.21. The van der Waals surface area contributed by atoms with Gasteiger partial charge in [0.15, 0.2) is 0 Å². The highest BCUT2D eigenvalue weighted by molar-refractivity contribution is 5.17. The normalized spacial score (nSPS) is 23.8. The second-order valence-electron chi connectivity index (χ2n) is 2.85. The van der Waals surface area contributed by atoms with Crippen LogP contribution in [0.2, 0.25) is 0 Å². The Balaban J connectivity index is 2.08. The molecule has 1 aromatic carbocycles. The standard InChI is InChI=1S/C10H12O2/c1-2-4-9(5-3-1)10-8-11-6-7-12-10/h1-5,10H,6-8H2. The molecule has 64 valence electrons. The Kier molecular flexibility index (Phi) is 2.39. The van der Waals surface area contributed by atoms with Crippen molar-refractivity contribution >= 4 is 0 Å². The summed E-state index contributed by atoms with van der Waals surface area (Å²) in [6.45, 7) is 2.12. The fourth-order valence-corrected chi connectivity index (χ4v) is 1.35. The highest BCUT2D eigenvalue weighted by atomic mass is 16.6. The molecule has 0 amide bonds. The summed E-state index contributed by atoms with van der Waals surface area (Å²) in [4.78, 5) is 0. The minimum absolute atomic E-state index is 0.139. The van der Waals surface area contributed by atoms with Gasteiger partial charge >= 0.3 is 0 Å². The molecule has 0 spiro atoms. The second kappa shape index (κ2) is 3.70. The number of rotatable bonds is 1. The van der Waals surface area contributed by atoms with Crippen molar-refractivity contribution < 1.29 is 9.47 Å². The lowest BCUT2D eigenvalue weighted by Gasteiger charge is -2.22. The van der Waals surface area contributed by atoms with Crippen molar-refractivity contribution in [3.8, 4) is 0 Å². The van der Waals surface area contributed by atoms with Crippen molar-refractivity contribution in [3.05, 3.63) is 35.9 Å². The maximum Gasteiger partial charge on any atom is 0.106 e. The molecule has 0 bridgehead atoms. The molecule has 1 atom stereocenters. The van der Waals surface area contributed by atoms with E-state index in [9.17, 15) is 0 Å². The van der Waals surface area contributed by atoms with Crippen molar-refractivity contribution in [1.82, 2.24) is 0 Å². The lowest BCUT2D eigenvalue weighted by Crippen LogP contribution is -2.21. The van der Waals surface area contributed by atoms with Crippen LogP contribution in [-0.2, 0) is 9.47 Å². The Bertz CT molecular complexity index is 227. The maximum atomic E-state index is 5.54. The van der Waals surface area contributed by atoms with E-state index >= 15 is 0 Å². The van der Waals surface area contributed by atoms with Gasteiger partial charge in [0.2, 0.25) is 0 Å². The van der Waals surface area contributed by atoms with Gasteiger partial charge < -0.3 is 9.47 Å². The molecule has 1 heterocycles. The summed E-state index contributed by atoms with van der Waals surface area (Å²) < 4.78 is 10.9. The molecule has 0 radical (unpaired) electrons. The predicted molar refractivity (Wildman–Crippen MR) is 46.0 cm³/mol. The summed E-state index contributed by atoms with van der Waals surface area (Å²) in [5, 5.41) is 0. The monoisotopic (exact) mass is 164 g/mol. The third-order valence-corrected chi connectivity index (χ3v) is 1.99. The van der Waals surface area contributed by atoms with Crippen molar-refractivity contribution in [3.63, 3.8) is 0 Å². The molecule has 2 nitrogen and oxygen atoms in total. The van der Waals surface area contributed by atoms with Crippen molar-refractivity contribution in [2.24, 2.45) is 0 Å². The van der Waals surface area contributed by atoms with E-state index in [4.69, 9.17) is 9.47 Å². The van der Waals surface area contributed by atoms with Crippen molar-refractivity contribution in [1.29, 1.82) is 0 Å². The number of hydrogen-bond acceptors (Lipinski definition) is 2. The average Bonchev–Trinajstić information content (AvgIpc) is 2.21. The maximum absolute atomic E-state index is 5.54. The van der Waals surface area contributed by atoms with Crippen LogP contribution in [0.4, 0.5) is 0 Å². The Labute approximate surface area is 72.1 Å². The molecule has 2 heteroatoms. The average molecular weight is 164 g/mol. The molecule has 1 fully saturated rings. The van der Waals surface area contributed by atoms with Gasteiger partial charge in [-0.2, -0.15) is 0 Å². The molecule has 12 heavy (non-hydrogen) atoms. The van der Waals surface area contributed by atoms with Gasteiger partial charge in [0.25, 0.3) is 0 Å². The number of ether oxygens (including phenoxy) is 2. The largest absolute Gasteiger partial charge is 0.376 e. The van der Waals surface area contributed by atoms with Crippen LogP contribution in [0, 0.1) is 0 Å². The Morgan fingerprint density at radius 1 is 1.08 bits per heavy atom. The Morgan fingerprint density at radius 3 is 2.58 bits per heavy atom. The topological polar surface area (TPSA) is 18.5 Å². The van der Waals surface area contributed by atoms with Crippen LogP contribution < -0.4 is 0 Å². The summed E-state index contributed by atoms with van der Waals surface area (Å²) in [6, 6.07) is 10.2. The molecular formula is C10H12O2. The number of benzene rings is 1. The summed E-state index contributed by atoms with van der Waals surface area (Å²) in [6.07, 6.45) is 0.139. The Hall–Kier alpha value is -0.860. The fourth-order valence-electron chi connectivity index (χ4n) is 1.35.